The van der Waals surface area contributed by atoms with E-state index >= 15 is 0 Å². The van der Waals surface area contributed by atoms with E-state index in [1.54, 1.807) is 24.3 Å². The van der Waals surface area contributed by atoms with Gasteiger partial charge < -0.3 is 11.1 Å². The van der Waals surface area contributed by atoms with Gasteiger partial charge >= 0.3 is 6.18 Å². The fraction of sp³-hybridized carbons (Fsp3) is 0.467. The monoisotopic (exact) mass is 329 g/mol. The Bertz CT molecular complexity index is 590. The molecule has 1 aliphatic heterocycles. The number of benzene rings is 1. The molecule has 1 aromatic rings. The number of nitrogens with zero attached hydrogens (tertiary/aromatic N) is 1. The number of amides is 2. The van der Waals surface area contributed by atoms with Gasteiger partial charge in [0.2, 0.25) is 11.8 Å². The van der Waals surface area contributed by atoms with Gasteiger partial charge in [-0.05, 0) is 37.1 Å². The quantitative estimate of drug-likeness (QED) is 0.858. The highest BCUT2D eigenvalue weighted by Crippen LogP contribution is 2.21. The van der Waals surface area contributed by atoms with Crippen LogP contribution in [-0.2, 0) is 11.3 Å². The minimum Gasteiger partial charge on any atom is -0.366 e. The standard InChI is InChI=1S/C15H18F3N3O2/c16-15(17,18)9-20-14(23)12-5-2-6-21(12)8-10-3-1-4-11(7-10)13(19)22/h1,3-4,7,12H,2,5-6,8-9H2,(H2,19,22)(H,20,23). The number of nitrogens with one attached hydrogen (secondary N) is 1. The average molecular weight is 329 g/mol. The number of likely N-dealkylation sites (tertiary alicyclic amines) is 1. The SMILES string of the molecule is NC(=O)c1cccc(CN2CCCC2C(=O)NCC(F)(F)F)c1. The number of rotatable bonds is 5. The van der Waals surface area contributed by atoms with Crippen LogP contribution >= 0.6 is 0 Å². The Kier molecular flexibility index (Phi) is 5.25. The number of carbonyl (C=O) groups is 2. The van der Waals surface area contributed by atoms with Gasteiger partial charge in [0.15, 0.2) is 0 Å². The predicted octanol–water partition coefficient (Wildman–Crippen LogP) is 1.43. The van der Waals surface area contributed by atoms with E-state index < -0.39 is 30.6 Å². The van der Waals surface area contributed by atoms with Crippen LogP contribution in [0.4, 0.5) is 13.2 Å². The molecular formula is C15H18F3N3O2. The van der Waals surface area contributed by atoms with Crippen molar-refractivity contribution in [1.29, 1.82) is 0 Å². The minimum absolute atomic E-state index is 0.361. The second-order valence-corrected chi connectivity index (χ2v) is 5.53. The first kappa shape index (κ1) is 17.3. The van der Waals surface area contributed by atoms with E-state index in [1.807, 2.05) is 10.2 Å². The van der Waals surface area contributed by atoms with Crippen molar-refractivity contribution in [2.45, 2.75) is 31.6 Å². The summed E-state index contributed by atoms with van der Waals surface area (Å²) in [5.74, 6) is -1.17. The molecule has 1 atom stereocenters. The van der Waals surface area contributed by atoms with Gasteiger partial charge in [-0.2, -0.15) is 13.2 Å². The number of hydrogen-bond donors (Lipinski definition) is 2. The van der Waals surface area contributed by atoms with Crippen LogP contribution in [0.1, 0.15) is 28.8 Å². The zero-order valence-electron chi connectivity index (χ0n) is 12.4. The van der Waals surface area contributed by atoms with Gasteiger partial charge in [0.05, 0.1) is 6.04 Å². The number of alkyl halides is 3. The highest BCUT2D eigenvalue weighted by Gasteiger charge is 2.34. The first-order valence-electron chi connectivity index (χ1n) is 7.23. The summed E-state index contributed by atoms with van der Waals surface area (Å²) >= 11 is 0. The maximum absolute atomic E-state index is 12.2. The summed E-state index contributed by atoms with van der Waals surface area (Å²) in [6, 6.07) is 6.10. The molecule has 3 N–H and O–H groups in total. The van der Waals surface area contributed by atoms with Crippen LogP contribution in [0, 0.1) is 0 Å². The molecule has 0 bridgehead atoms. The third-order valence-electron chi connectivity index (χ3n) is 3.73. The summed E-state index contributed by atoms with van der Waals surface area (Å²) < 4.78 is 36.6. The topological polar surface area (TPSA) is 75.4 Å². The molecule has 2 rings (SSSR count). The van der Waals surface area contributed by atoms with Crippen molar-refractivity contribution < 1.29 is 22.8 Å². The largest absolute Gasteiger partial charge is 0.405 e. The lowest BCUT2D eigenvalue weighted by molar-refractivity contribution is -0.141. The molecule has 1 fully saturated rings. The molecule has 23 heavy (non-hydrogen) atoms. The smallest absolute Gasteiger partial charge is 0.366 e. The van der Waals surface area contributed by atoms with E-state index in [0.717, 1.165) is 12.0 Å². The molecule has 1 heterocycles. The van der Waals surface area contributed by atoms with Gasteiger partial charge in [-0.25, -0.2) is 0 Å². The van der Waals surface area contributed by atoms with Crippen molar-refractivity contribution >= 4 is 11.8 Å². The first-order chi connectivity index (χ1) is 10.8. The van der Waals surface area contributed by atoms with Crippen LogP contribution in [0.3, 0.4) is 0 Å². The zero-order chi connectivity index (χ0) is 17.0. The van der Waals surface area contributed by atoms with E-state index in [4.69, 9.17) is 5.73 Å². The lowest BCUT2D eigenvalue weighted by Crippen LogP contribution is -2.45. The number of halogens is 3. The van der Waals surface area contributed by atoms with Gasteiger partial charge in [0.1, 0.15) is 6.54 Å². The van der Waals surface area contributed by atoms with Gasteiger partial charge in [0.25, 0.3) is 0 Å². The average Bonchev–Trinajstić information content (AvgIpc) is 2.92. The van der Waals surface area contributed by atoms with Gasteiger partial charge in [-0.1, -0.05) is 12.1 Å². The molecule has 126 valence electrons. The molecule has 0 aromatic heterocycles. The van der Waals surface area contributed by atoms with Gasteiger partial charge in [-0.15, -0.1) is 0 Å². The number of carbonyl (C=O) groups excluding carboxylic acids is 2. The highest BCUT2D eigenvalue weighted by molar-refractivity contribution is 5.92. The maximum atomic E-state index is 12.2. The van der Waals surface area contributed by atoms with Crippen molar-refractivity contribution in [3.8, 4) is 0 Å². The normalized spacial score (nSPS) is 18.8. The molecule has 1 unspecified atom stereocenters. The second-order valence-electron chi connectivity index (χ2n) is 5.53. The Morgan fingerprint density at radius 1 is 1.35 bits per heavy atom. The van der Waals surface area contributed by atoms with Crippen LogP contribution in [0.15, 0.2) is 24.3 Å². The van der Waals surface area contributed by atoms with Crippen molar-refractivity contribution in [1.82, 2.24) is 10.2 Å². The molecular weight excluding hydrogens is 311 g/mol. The summed E-state index contributed by atoms with van der Waals surface area (Å²) in [6.07, 6.45) is -3.17. The van der Waals surface area contributed by atoms with Crippen LogP contribution in [0.5, 0.6) is 0 Å². The lowest BCUT2D eigenvalue weighted by Gasteiger charge is -2.24. The third-order valence-corrected chi connectivity index (χ3v) is 3.73. The molecule has 8 heteroatoms. The Hall–Kier alpha value is -2.09. The van der Waals surface area contributed by atoms with Crippen molar-refractivity contribution in [3.05, 3.63) is 35.4 Å². The van der Waals surface area contributed by atoms with Crippen LogP contribution in [0.2, 0.25) is 0 Å². The highest BCUT2D eigenvalue weighted by atomic mass is 19.4. The number of primary amides is 1. The summed E-state index contributed by atoms with van der Waals surface area (Å²) in [6.45, 7) is -0.330. The van der Waals surface area contributed by atoms with E-state index in [2.05, 4.69) is 0 Å². The molecule has 1 saturated heterocycles. The second kappa shape index (κ2) is 6.99. The molecule has 1 aromatic carbocycles. The number of hydrogen-bond acceptors (Lipinski definition) is 3. The third kappa shape index (κ3) is 4.95. The van der Waals surface area contributed by atoms with Crippen LogP contribution in [0.25, 0.3) is 0 Å². The van der Waals surface area contributed by atoms with Crippen molar-refractivity contribution in [2.24, 2.45) is 5.73 Å². The molecule has 5 nitrogen and oxygen atoms in total. The molecule has 0 radical (unpaired) electrons. The van der Waals surface area contributed by atoms with E-state index in [0.29, 0.717) is 25.1 Å². The van der Waals surface area contributed by atoms with Crippen LogP contribution < -0.4 is 11.1 Å². The minimum atomic E-state index is -4.42. The molecule has 2 amide bonds. The molecule has 0 saturated carbocycles. The molecule has 1 aliphatic rings. The van der Waals surface area contributed by atoms with Crippen molar-refractivity contribution in [2.75, 3.05) is 13.1 Å². The van der Waals surface area contributed by atoms with Crippen LogP contribution in [-0.4, -0.2) is 42.0 Å². The first-order valence-corrected chi connectivity index (χ1v) is 7.23. The summed E-state index contributed by atoms with van der Waals surface area (Å²) in [5, 5.41) is 1.93. The Labute approximate surface area is 131 Å². The fourth-order valence-corrected chi connectivity index (χ4v) is 2.67. The zero-order valence-corrected chi connectivity index (χ0v) is 12.4. The summed E-state index contributed by atoms with van der Waals surface area (Å²) in [7, 11) is 0. The molecule has 0 spiro atoms. The number of nitrogens with two attached hydrogens (primary N) is 1. The van der Waals surface area contributed by atoms with E-state index in [9.17, 15) is 22.8 Å². The van der Waals surface area contributed by atoms with Gasteiger partial charge in [0, 0.05) is 12.1 Å². The van der Waals surface area contributed by atoms with Crippen molar-refractivity contribution in [3.63, 3.8) is 0 Å². The molecule has 0 aliphatic carbocycles. The fourth-order valence-electron chi connectivity index (χ4n) is 2.67. The Balaban J connectivity index is 2.00. The lowest BCUT2D eigenvalue weighted by atomic mass is 10.1. The van der Waals surface area contributed by atoms with E-state index in [1.165, 1.54) is 0 Å². The Morgan fingerprint density at radius 2 is 2.09 bits per heavy atom. The maximum Gasteiger partial charge on any atom is 0.405 e. The predicted molar refractivity (Wildman–Crippen MR) is 77.5 cm³/mol. The van der Waals surface area contributed by atoms with Gasteiger partial charge in [-0.3, -0.25) is 14.5 Å². The summed E-state index contributed by atoms with van der Waals surface area (Å²) in [4.78, 5) is 24.9. The Morgan fingerprint density at radius 3 is 2.74 bits per heavy atom. The summed E-state index contributed by atoms with van der Waals surface area (Å²) in [5.41, 5.74) is 6.37. The van der Waals surface area contributed by atoms with E-state index in [-0.39, 0.29) is 0 Å².